The van der Waals surface area contributed by atoms with E-state index >= 15 is 0 Å². The van der Waals surface area contributed by atoms with E-state index in [2.05, 4.69) is 31.9 Å². The molecule has 3 heterocycles. The van der Waals surface area contributed by atoms with Crippen LogP contribution in [0.15, 0.2) is 4.52 Å². The standard InChI is InChI=1S/C16H23N5O2/c1-9-10(2)18-15(17-9)13-6-12(22-3)7-21(13)8-14-19-16(23-20-14)11-4-5-11/h11-13H,4-8H2,1-3H3,(H,17,18)/t12-,13+/m1/s1. The normalized spacial score (nSPS) is 25.3. The maximum atomic E-state index is 5.57. The van der Waals surface area contributed by atoms with Crippen molar-refractivity contribution in [1.29, 1.82) is 0 Å². The fourth-order valence-electron chi connectivity index (χ4n) is 3.23. The summed E-state index contributed by atoms with van der Waals surface area (Å²) in [4.78, 5) is 15.0. The Balaban J connectivity index is 1.53. The van der Waals surface area contributed by atoms with Crippen LogP contribution in [0.25, 0.3) is 0 Å². The molecule has 0 bridgehead atoms. The minimum Gasteiger partial charge on any atom is -0.380 e. The lowest BCUT2D eigenvalue weighted by molar-refractivity contribution is 0.106. The molecule has 0 radical (unpaired) electrons. The number of imidazole rings is 1. The molecule has 1 N–H and O–H groups in total. The number of methoxy groups -OCH3 is 1. The molecule has 0 unspecified atom stereocenters. The number of nitrogens with one attached hydrogen (secondary N) is 1. The first-order valence-corrected chi connectivity index (χ1v) is 8.26. The summed E-state index contributed by atoms with van der Waals surface area (Å²) in [5.74, 6) is 3.05. The van der Waals surface area contributed by atoms with Crippen LogP contribution in [-0.2, 0) is 11.3 Å². The number of aromatic amines is 1. The average molecular weight is 317 g/mol. The molecule has 124 valence electrons. The van der Waals surface area contributed by atoms with Crippen LogP contribution in [0.2, 0.25) is 0 Å². The highest BCUT2D eigenvalue weighted by Crippen LogP contribution is 2.39. The van der Waals surface area contributed by atoms with Gasteiger partial charge in [0.15, 0.2) is 5.82 Å². The molecule has 2 aromatic heterocycles. The Morgan fingerprint density at radius 1 is 1.30 bits per heavy atom. The van der Waals surface area contributed by atoms with Gasteiger partial charge in [0.25, 0.3) is 0 Å². The van der Waals surface area contributed by atoms with Gasteiger partial charge in [0.1, 0.15) is 5.82 Å². The molecule has 2 aromatic rings. The summed E-state index contributed by atoms with van der Waals surface area (Å²) < 4.78 is 10.9. The first kappa shape index (κ1) is 14.8. The van der Waals surface area contributed by atoms with Gasteiger partial charge in [-0.15, -0.1) is 0 Å². The minimum atomic E-state index is 0.204. The molecule has 7 heteroatoms. The minimum absolute atomic E-state index is 0.204. The number of rotatable bonds is 5. The molecule has 2 fully saturated rings. The molecule has 1 saturated heterocycles. The number of aryl methyl sites for hydroxylation is 2. The Labute approximate surface area is 135 Å². The molecule has 4 rings (SSSR count). The fourth-order valence-corrected chi connectivity index (χ4v) is 3.23. The molecule has 0 spiro atoms. The van der Waals surface area contributed by atoms with Gasteiger partial charge in [0.05, 0.1) is 24.4 Å². The summed E-state index contributed by atoms with van der Waals surface area (Å²) in [5, 5.41) is 4.14. The van der Waals surface area contributed by atoms with E-state index < -0.39 is 0 Å². The summed E-state index contributed by atoms with van der Waals surface area (Å²) >= 11 is 0. The summed E-state index contributed by atoms with van der Waals surface area (Å²) in [6.07, 6.45) is 3.48. The van der Waals surface area contributed by atoms with Crippen LogP contribution in [-0.4, -0.2) is 44.8 Å². The second-order valence-corrected chi connectivity index (χ2v) is 6.69. The van der Waals surface area contributed by atoms with Gasteiger partial charge in [-0.05, 0) is 33.1 Å². The molecular weight excluding hydrogens is 294 g/mol. The number of ether oxygens (including phenoxy) is 1. The zero-order valence-corrected chi connectivity index (χ0v) is 13.9. The second-order valence-electron chi connectivity index (χ2n) is 6.69. The van der Waals surface area contributed by atoms with Crippen LogP contribution >= 0.6 is 0 Å². The highest BCUT2D eigenvalue weighted by Gasteiger charge is 2.36. The van der Waals surface area contributed by atoms with Crippen LogP contribution in [0.4, 0.5) is 0 Å². The Morgan fingerprint density at radius 2 is 2.13 bits per heavy atom. The van der Waals surface area contributed by atoms with Gasteiger partial charge in [-0.3, -0.25) is 4.90 Å². The number of H-pyrrole nitrogens is 1. The van der Waals surface area contributed by atoms with Crippen molar-refractivity contribution in [3.63, 3.8) is 0 Å². The molecule has 0 amide bonds. The van der Waals surface area contributed by atoms with E-state index in [0.29, 0.717) is 12.5 Å². The van der Waals surface area contributed by atoms with Gasteiger partial charge < -0.3 is 14.2 Å². The van der Waals surface area contributed by atoms with Gasteiger partial charge in [0, 0.05) is 25.3 Å². The van der Waals surface area contributed by atoms with Crippen molar-refractivity contribution in [3.05, 3.63) is 28.9 Å². The van der Waals surface area contributed by atoms with Gasteiger partial charge in [-0.25, -0.2) is 4.98 Å². The summed E-state index contributed by atoms with van der Waals surface area (Å²) in [5.41, 5.74) is 2.17. The third kappa shape index (κ3) is 2.90. The molecule has 2 aliphatic rings. The molecule has 23 heavy (non-hydrogen) atoms. The van der Waals surface area contributed by atoms with Crippen molar-refractivity contribution in [3.8, 4) is 0 Å². The Hall–Kier alpha value is -1.73. The molecule has 2 atom stereocenters. The Bertz CT molecular complexity index is 671. The van der Waals surface area contributed by atoms with Crippen molar-refractivity contribution in [2.45, 2.75) is 57.7 Å². The molecule has 1 aliphatic carbocycles. The summed E-state index contributed by atoms with van der Waals surface area (Å²) in [6, 6.07) is 0.204. The zero-order chi connectivity index (χ0) is 16.0. The van der Waals surface area contributed by atoms with Gasteiger partial charge >= 0.3 is 0 Å². The number of hydrogen-bond donors (Lipinski definition) is 1. The molecule has 7 nitrogen and oxygen atoms in total. The Kier molecular flexibility index (Phi) is 3.69. The fraction of sp³-hybridized carbons (Fsp3) is 0.688. The van der Waals surface area contributed by atoms with E-state index in [1.54, 1.807) is 7.11 Å². The highest BCUT2D eigenvalue weighted by atomic mass is 16.5. The molecule has 0 aromatic carbocycles. The van der Waals surface area contributed by atoms with E-state index in [1.165, 1.54) is 12.8 Å². The van der Waals surface area contributed by atoms with Crippen molar-refractivity contribution in [2.24, 2.45) is 0 Å². The quantitative estimate of drug-likeness (QED) is 0.911. The first-order chi connectivity index (χ1) is 11.1. The SMILES string of the molecule is CO[C@@H]1C[C@@H](c2nc(C)c(C)[nH]2)N(Cc2noc(C3CC3)n2)C1. The third-order valence-corrected chi connectivity index (χ3v) is 4.92. The first-order valence-electron chi connectivity index (χ1n) is 8.26. The average Bonchev–Trinajstić information content (AvgIpc) is 3.00. The van der Waals surface area contributed by atoms with Crippen molar-refractivity contribution < 1.29 is 9.26 Å². The van der Waals surface area contributed by atoms with Crippen molar-refractivity contribution >= 4 is 0 Å². The van der Waals surface area contributed by atoms with Gasteiger partial charge in [-0.2, -0.15) is 4.98 Å². The number of hydrogen-bond acceptors (Lipinski definition) is 6. The highest BCUT2D eigenvalue weighted by molar-refractivity contribution is 5.15. The maximum Gasteiger partial charge on any atom is 0.229 e. The zero-order valence-electron chi connectivity index (χ0n) is 13.9. The van der Waals surface area contributed by atoms with Gasteiger partial charge in [0.2, 0.25) is 5.89 Å². The van der Waals surface area contributed by atoms with Crippen LogP contribution in [0, 0.1) is 13.8 Å². The molecular formula is C16H23N5O2. The largest absolute Gasteiger partial charge is 0.380 e. The van der Waals surface area contributed by atoms with Crippen LogP contribution in [0.5, 0.6) is 0 Å². The molecule has 1 saturated carbocycles. The smallest absolute Gasteiger partial charge is 0.229 e. The lowest BCUT2D eigenvalue weighted by Gasteiger charge is -2.20. The maximum absolute atomic E-state index is 5.57. The number of nitrogens with zero attached hydrogens (tertiary/aromatic N) is 4. The van der Waals surface area contributed by atoms with Crippen LogP contribution < -0.4 is 0 Å². The molecule has 1 aliphatic heterocycles. The summed E-state index contributed by atoms with van der Waals surface area (Å²) in [6.45, 7) is 5.61. The van der Waals surface area contributed by atoms with Crippen molar-refractivity contribution in [1.82, 2.24) is 25.0 Å². The predicted molar refractivity (Wildman–Crippen MR) is 82.9 cm³/mol. The monoisotopic (exact) mass is 317 g/mol. The van der Waals surface area contributed by atoms with E-state index in [9.17, 15) is 0 Å². The van der Waals surface area contributed by atoms with E-state index in [0.717, 1.165) is 41.9 Å². The number of likely N-dealkylation sites (tertiary alicyclic amines) is 1. The van der Waals surface area contributed by atoms with Crippen molar-refractivity contribution in [2.75, 3.05) is 13.7 Å². The Morgan fingerprint density at radius 3 is 2.78 bits per heavy atom. The van der Waals surface area contributed by atoms with E-state index in [1.807, 2.05) is 6.92 Å². The lowest BCUT2D eigenvalue weighted by Crippen LogP contribution is -2.26. The van der Waals surface area contributed by atoms with E-state index in [-0.39, 0.29) is 12.1 Å². The number of aromatic nitrogens is 4. The topological polar surface area (TPSA) is 80.1 Å². The van der Waals surface area contributed by atoms with Crippen LogP contribution in [0.3, 0.4) is 0 Å². The lowest BCUT2D eigenvalue weighted by atomic mass is 10.2. The predicted octanol–water partition coefficient (Wildman–Crippen LogP) is 2.25. The van der Waals surface area contributed by atoms with Crippen LogP contribution in [0.1, 0.15) is 60.1 Å². The second kappa shape index (κ2) is 5.72. The van der Waals surface area contributed by atoms with E-state index in [4.69, 9.17) is 9.26 Å². The third-order valence-electron chi connectivity index (χ3n) is 4.92. The summed E-state index contributed by atoms with van der Waals surface area (Å²) in [7, 11) is 1.77. The van der Waals surface area contributed by atoms with Gasteiger partial charge in [-0.1, -0.05) is 5.16 Å².